The van der Waals surface area contributed by atoms with Crippen molar-refractivity contribution < 1.29 is 19.4 Å². The van der Waals surface area contributed by atoms with Crippen molar-refractivity contribution in [3.63, 3.8) is 0 Å². The zero-order valence-corrected chi connectivity index (χ0v) is 13.1. The molecule has 0 saturated carbocycles. The van der Waals surface area contributed by atoms with Crippen LogP contribution in [0.3, 0.4) is 0 Å². The van der Waals surface area contributed by atoms with Crippen LogP contribution in [0, 0.1) is 0 Å². The zero-order chi connectivity index (χ0) is 17.1. The molecule has 0 atom stereocenters. The largest absolute Gasteiger partial charge is 0.481 e. The molecule has 0 bridgehead atoms. The number of carboxylic acids is 1. The van der Waals surface area contributed by atoms with Crippen molar-refractivity contribution in [2.24, 2.45) is 0 Å². The summed E-state index contributed by atoms with van der Waals surface area (Å²) in [5, 5.41) is 13.7. The summed E-state index contributed by atoms with van der Waals surface area (Å²) >= 11 is 0. The molecule has 6 nitrogen and oxygen atoms in total. The number of hydrogen-bond acceptors (Lipinski definition) is 5. The lowest BCUT2D eigenvalue weighted by Crippen LogP contribution is -2.09. The second-order valence-corrected chi connectivity index (χ2v) is 5.30. The quantitative estimate of drug-likeness (QED) is 0.554. The van der Waals surface area contributed by atoms with E-state index in [0.29, 0.717) is 5.56 Å². The van der Waals surface area contributed by atoms with E-state index in [2.05, 4.69) is 10.3 Å². The van der Waals surface area contributed by atoms with E-state index in [0.717, 1.165) is 27.5 Å². The standard InChI is InChI=1S/C18H16N2O4/c1-24-18(23)11-6-7-15-13(10-11)17(19-9-8-16(21)22)12-4-2-3-5-14(12)20-15/h2-7,10H,8-9H2,1H3,(H,19,20)(H,21,22). The van der Waals surface area contributed by atoms with Gasteiger partial charge in [0.1, 0.15) is 0 Å². The molecule has 0 aliphatic carbocycles. The lowest BCUT2D eigenvalue weighted by Gasteiger charge is -2.13. The van der Waals surface area contributed by atoms with Gasteiger partial charge in [-0.25, -0.2) is 9.78 Å². The Kier molecular flexibility index (Phi) is 4.29. The van der Waals surface area contributed by atoms with E-state index in [4.69, 9.17) is 9.84 Å². The summed E-state index contributed by atoms with van der Waals surface area (Å²) in [5.74, 6) is -1.30. The molecule has 2 aromatic carbocycles. The van der Waals surface area contributed by atoms with Crippen molar-refractivity contribution in [3.8, 4) is 0 Å². The number of aromatic nitrogens is 1. The lowest BCUT2D eigenvalue weighted by atomic mass is 10.0. The van der Waals surface area contributed by atoms with Crippen LogP contribution in [0.15, 0.2) is 42.5 Å². The predicted octanol–water partition coefficient (Wildman–Crippen LogP) is 3.06. The molecular formula is C18H16N2O4. The number of aliphatic carboxylic acids is 1. The van der Waals surface area contributed by atoms with Crippen LogP contribution < -0.4 is 5.32 Å². The average molecular weight is 324 g/mol. The van der Waals surface area contributed by atoms with Gasteiger partial charge in [-0.05, 0) is 24.3 Å². The Morgan fingerprint density at radius 2 is 1.88 bits per heavy atom. The number of carboxylic acid groups (broad SMARTS) is 1. The second kappa shape index (κ2) is 6.54. The van der Waals surface area contributed by atoms with Gasteiger partial charge in [0.05, 0.1) is 35.8 Å². The van der Waals surface area contributed by atoms with Crippen molar-refractivity contribution >= 4 is 39.4 Å². The van der Waals surface area contributed by atoms with Crippen LogP contribution in [0.1, 0.15) is 16.8 Å². The summed E-state index contributed by atoms with van der Waals surface area (Å²) in [5.41, 5.74) is 2.71. The van der Waals surface area contributed by atoms with E-state index in [1.54, 1.807) is 18.2 Å². The Morgan fingerprint density at radius 3 is 2.62 bits per heavy atom. The number of nitrogens with one attached hydrogen (secondary N) is 1. The second-order valence-electron chi connectivity index (χ2n) is 5.30. The third-order valence-electron chi connectivity index (χ3n) is 3.74. The molecule has 1 heterocycles. The number of pyridine rings is 1. The summed E-state index contributed by atoms with van der Waals surface area (Å²) in [6.45, 7) is 0.279. The summed E-state index contributed by atoms with van der Waals surface area (Å²) in [6, 6.07) is 12.7. The Hall–Kier alpha value is -3.15. The Balaban J connectivity index is 2.18. The first kappa shape index (κ1) is 15.7. The van der Waals surface area contributed by atoms with Gasteiger partial charge in [-0.15, -0.1) is 0 Å². The molecule has 122 valence electrons. The van der Waals surface area contributed by atoms with Gasteiger partial charge in [-0.1, -0.05) is 18.2 Å². The summed E-state index contributed by atoms with van der Waals surface area (Å²) in [6.07, 6.45) is -0.00512. The molecule has 3 aromatic rings. The maximum Gasteiger partial charge on any atom is 0.337 e. The number of rotatable bonds is 5. The van der Waals surface area contributed by atoms with Crippen LogP contribution in [0.2, 0.25) is 0 Å². The van der Waals surface area contributed by atoms with Crippen LogP contribution in [0.4, 0.5) is 5.69 Å². The van der Waals surface area contributed by atoms with Gasteiger partial charge < -0.3 is 15.2 Å². The fraction of sp³-hybridized carbons (Fsp3) is 0.167. The van der Waals surface area contributed by atoms with Crippen LogP contribution in [0.5, 0.6) is 0 Å². The maximum absolute atomic E-state index is 11.8. The SMILES string of the molecule is COC(=O)c1ccc2nc3ccccc3c(NCCC(=O)O)c2c1. The van der Waals surface area contributed by atoms with Crippen LogP contribution in [-0.2, 0) is 9.53 Å². The Bertz CT molecular complexity index is 937. The first-order valence-corrected chi connectivity index (χ1v) is 7.46. The van der Waals surface area contributed by atoms with Gasteiger partial charge in [0.2, 0.25) is 0 Å². The number of hydrogen-bond donors (Lipinski definition) is 2. The minimum atomic E-state index is -0.875. The molecule has 6 heteroatoms. The Morgan fingerprint density at radius 1 is 1.12 bits per heavy atom. The number of benzene rings is 2. The molecule has 0 saturated heterocycles. The molecule has 24 heavy (non-hydrogen) atoms. The average Bonchev–Trinajstić information content (AvgIpc) is 2.59. The number of nitrogens with zero attached hydrogens (tertiary/aromatic N) is 1. The third-order valence-corrected chi connectivity index (χ3v) is 3.74. The topological polar surface area (TPSA) is 88.5 Å². The molecule has 0 aliphatic heterocycles. The minimum absolute atomic E-state index is 0.00512. The van der Waals surface area contributed by atoms with E-state index in [1.807, 2.05) is 24.3 Å². The van der Waals surface area contributed by atoms with Gasteiger partial charge in [-0.2, -0.15) is 0 Å². The van der Waals surface area contributed by atoms with E-state index in [-0.39, 0.29) is 13.0 Å². The van der Waals surface area contributed by atoms with Crippen molar-refractivity contribution in [2.45, 2.75) is 6.42 Å². The predicted molar refractivity (Wildman–Crippen MR) is 91.3 cm³/mol. The van der Waals surface area contributed by atoms with Crippen LogP contribution >= 0.6 is 0 Å². The molecule has 0 radical (unpaired) electrons. The number of ether oxygens (including phenoxy) is 1. The van der Waals surface area contributed by atoms with Gasteiger partial charge in [0, 0.05) is 17.3 Å². The number of methoxy groups -OCH3 is 1. The van der Waals surface area contributed by atoms with Crippen molar-refractivity contribution in [2.75, 3.05) is 19.0 Å². The molecule has 0 fully saturated rings. The van der Waals surface area contributed by atoms with Gasteiger partial charge in [0.25, 0.3) is 0 Å². The highest BCUT2D eigenvalue weighted by Crippen LogP contribution is 2.31. The van der Waals surface area contributed by atoms with Crippen molar-refractivity contribution in [3.05, 3.63) is 48.0 Å². The first-order valence-electron chi connectivity index (χ1n) is 7.46. The highest BCUT2D eigenvalue weighted by atomic mass is 16.5. The van der Waals surface area contributed by atoms with Crippen LogP contribution in [0.25, 0.3) is 21.8 Å². The van der Waals surface area contributed by atoms with E-state index in [9.17, 15) is 9.59 Å². The highest BCUT2D eigenvalue weighted by Gasteiger charge is 2.12. The number of carbonyl (C=O) groups is 2. The van der Waals surface area contributed by atoms with Gasteiger partial charge in [0.15, 0.2) is 0 Å². The summed E-state index contributed by atoms with van der Waals surface area (Å²) in [7, 11) is 1.33. The van der Waals surface area contributed by atoms with Crippen molar-refractivity contribution in [1.29, 1.82) is 0 Å². The molecule has 1 aromatic heterocycles. The molecule has 0 spiro atoms. The third kappa shape index (κ3) is 2.99. The molecular weight excluding hydrogens is 308 g/mol. The Labute approximate surface area is 138 Å². The summed E-state index contributed by atoms with van der Waals surface area (Å²) in [4.78, 5) is 27.2. The monoisotopic (exact) mass is 324 g/mol. The number of fused-ring (bicyclic) bond motifs is 2. The molecule has 0 unspecified atom stereocenters. The number of esters is 1. The fourth-order valence-electron chi connectivity index (χ4n) is 2.62. The van der Waals surface area contributed by atoms with Crippen LogP contribution in [-0.4, -0.2) is 35.7 Å². The number of carbonyl (C=O) groups excluding carboxylic acids is 1. The number of anilines is 1. The number of para-hydroxylation sites is 1. The highest BCUT2D eigenvalue weighted by molar-refractivity contribution is 6.09. The van der Waals surface area contributed by atoms with Gasteiger partial charge >= 0.3 is 11.9 Å². The van der Waals surface area contributed by atoms with E-state index < -0.39 is 11.9 Å². The van der Waals surface area contributed by atoms with Gasteiger partial charge in [-0.3, -0.25) is 4.79 Å². The molecule has 0 amide bonds. The van der Waals surface area contributed by atoms with E-state index in [1.165, 1.54) is 7.11 Å². The van der Waals surface area contributed by atoms with Crippen molar-refractivity contribution in [1.82, 2.24) is 4.98 Å². The fourth-order valence-corrected chi connectivity index (χ4v) is 2.62. The normalized spacial score (nSPS) is 10.7. The lowest BCUT2D eigenvalue weighted by molar-refractivity contribution is -0.136. The minimum Gasteiger partial charge on any atom is -0.481 e. The molecule has 3 rings (SSSR count). The first-order chi connectivity index (χ1) is 11.6. The maximum atomic E-state index is 11.8. The van der Waals surface area contributed by atoms with E-state index >= 15 is 0 Å². The molecule has 0 aliphatic rings. The molecule has 2 N–H and O–H groups in total. The smallest absolute Gasteiger partial charge is 0.337 e. The zero-order valence-electron chi connectivity index (χ0n) is 13.1. The summed E-state index contributed by atoms with van der Waals surface area (Å²) < 4.78 is 4.77.